The van der Waals surface area contributed by atoms with Crippen molar-refractivity contribution in [2.45, 2.75) is 166 Å². The molecule has 2 aromatic rings. The molecule has 2 aromatic carbocycles. The molecule has 0 radical (unpaired) electrons. The van der Waals surface area contributed by atoms with Gasteiger partial charge in [-0.15, -0.1) is 0 Å². The number of alkyl halides is 2. The van der Waals surface area contributed by atoms with Gasteiger partial charge in [0.1, 0.15) is 52.8 Å². The van der Waals surface area contributed by atoms with Crippen LogP contribution in [0.25, 0.3) is 0 Å². The van der Waals surface area contributed by atoms with Gasteiger partial charge in [0.15, 0.2) is 5.72 Å². The molecule has 0 aliphatic carbocycles. The highest BCUT2D eigenvalue weighted by atomic mass is 79.9. The summed E-state index contributed by atoms with van der Waals surface area (Å²) in [5.41, 5.74) is 4.27. The molecule has 4 bridgehead atoms. The molecule has 5 rings (SSSR count). The fourth-order valence-corrected chi connectivity index (χ4v) is 12.3. The number of amides is 8. The van der Waals surface area contributed by atoms with E-state index in [0.29, 0.717) is 47.8 Å². The van der Waals surface area contributed by atoms with Gasteiger partial charge in [0.25, 0.3) is 5.91 Å². The minimum Gasteiger partial charge on any atom is -0.495 e. The minimum atomic E-state index is -1.91. The molecule has 3 aliphatic heterocycles. The van der Waals surface area contributed by atoms with Crippen LogP contribution in [-0.4, -0.2) is 169 Å². The molecule has 3 heterocycles. The molecule has 0 spiro atoms. The monoisotopic (exact) mass is 1380 g/mol. The van der Waals surface area contributed by atoms with Crippen molar-refractivity contribution in [2.75, 3.05) is 55.7 Å². The van der Waals surface area contributed by atoms with Crippen LogP contribution in [0.3, 0.4) is 0 Å². The number of allylic oxidation sites excluding steroid dienone is 3. The molecule has 2 fully saturated rings. The smallest absolute Gasteiger partial charge is 0.409 e. The molecule has 0 aromatic heterocycles. The maximum absolute atomic E-state index is 14.5. The normalized spacial score (nSPS) is 24.3. The average Bonchev–Trinajstić information content (AvgIpc) is 2.57. The number of methoxy groups -OCH3 is 2. The molecule has 8 N–H and O–H groups in total. The Morgan fingerprint density at radius 2 is 1.65 bits per heavy atom. The molecule has 0 saturated carbocycles. The van der Waals surface area contributed by atoms with Gasteiger partial charge in [-0.2, -0.15) is 0 Å². The number of alkyl carbamates (subject to hydrolysis) is 1. The van der Waals surface area contributed by atoms with Crippen LogP contribution in [-0.2, 0) is 58.9 Å². The van der Waals surface area contributed by atoms with E-state index in [9.17, 15) is 48.3 Å². The van der Waals surface area contributed by atoms with Crippen LogP contribution in [0.4, 0.5) is 21.0 Å². The van der Waals surface area contributed by atoms with Crippen molar-refractivity contribution in [3.8, 4) is 5.75 Å². The van der Waals surface area contributed by atoms with Gasteiger partial charge in [0.05, 0.1) is 37.3 Å². The Balaban J connectivity index is 1.30. The summed E-state index contributed by atoms with van der Waals surface area (Å²) in [4.78, 5) is 123. The highest BCUT2D eigenvalue weighted by Gasteiger charge is 2.64. The Hall–Kier alpha value is -6.32. The number of hydrogen-bond donors (Lipinski definition) is 7. The summed E-state index contributed by atoms with van der Waals surface area (Å²) in [6.07, 6.45) is 1.67. The van der Waals surface area contributed by atoms with E-state index in [1.165, 1.54) is 64.4 Å². The number of urea groups is 1. The summed E-state index contributed by atoms with van der Waals surface area (Å²) in [6.45, 7) is 12.1. The highest BCUT2D eigenvalue weighted by Crippen LogP contribution is 2.49. The largest absolute Gasteiger partial charge is 0.495 e. The number of likely N-dealkylation sites (N-methyl/N-ethyl adjacent to an activating group) is 1. The molecule has 2 saturated heterocycles. The lowest BCUT2D eigenvalue weighted by molar-refractivity contribution is -0.158. The van der Waals surface area contributed by atoms with Crippen molar-refractivity contribution < 1.29 is 76.7 Å². The zero-order chi connectivity index (χ0) is 65.4. The summed E-state index contributed by atoms with van der Waals surface area (Å²) in [7, 11) is 5.78. The van der Waals surface area contributed by atoms with Gasteiger partial charge in [-0.05, 0) is 114 Å². The molecule has 24 nitrogen and oxygen atoms in total. The first-order chi connectivity index (χ1) is 41.5. The fraction of sp³-hybridized carbons (Fsp3) is 0.590. The topological polar surface area (TPSA) is 325 Å². The number of nitrogens with zero attached hydrogens (tertiary/aromatic N) is 2. The number of halogens is 3. The number of rotatable bonds is 25. The maximum atomic E-state index is 14.5. The van der Waals surface area contributed by atoms with E-state index in [2.05, 4.69) is 58.4 Å². The summed E-state index contributed by atoms with van der Waals surface area (Å²) in [6, 6.07) is 5.08. The third-order valence-corrected chi connectivity index (χ3v) is 17.9. The van der Waals surface area contributed by atoms with Crippen molar-refractivity contribution >= 4 is 108 Å². The van der Waals surface area contributed by atoms with Crippen molar-refractivity contribution in [3.05, 3.63) is 76.3 Å². The molecular weight excluding hydrogens is 1300 g/mol. The van der Waals surface area contributed by atoms with Crippen LogP contribution in [0, 0.1) is 17.8 Å². The van der Waals surface area contributed by atoms with Crippen molar-refractivity contribution in [3.63, 3.8) is 0 Å². The number of primary amides is 1. The predicted molar refractivity (Wildman–Crippen MR) is 336 cm³/mol. The van der Waals surface area contributed by atoms with Gasteiger partial charge in [0, 0.05) is 68.4 Å². The standard InChI is InChI=1S/C61H85Br2ClN8O16/c1-33(2)51(69-48(73)20-13-12-17-35(4)85-57(79)40(31-62)32-63)54(76)68-42(18-15-25-66-58(65)80)53(75)67-41-23-21-39(22-24-41)55(77)71(8)37(6)56(78)87-47-29-49(74)72(9)43-27-38(28-44(83-10)50(43)64)26-34(3)16-14-19-46(84-11)61(82)30-45(86-59(81)70-61)36(5)52-60(47,7)88-52/h14,16,19,21-24,27-28,33,35-37,40,42,45-47,51-52,82H,12-13,15,17-18,20,25-26,29-32H2,1-11H3,(H,67,75)(H,68,76)(H,69,73)(H,70,81)(H3,65,66,80)/b19-14+,34-16+/t35?,36-,37+,42+,45+,46-,47+,51+,52+,60+,61+/m1/s1. The Bertz CT molecular complexity index is 2900. The first kappa shape index (κ1) is 72.4. The quantitative estimate of drug-likeness (QED) is 0.0178. The Morgan fingerprint density at radius 1 is 0.966 bits per heavy atom. The zero-order valence-electron chi connectivity index (χ0n) is 51.7. The number of ether oxygens (including phenoxy) is 6. The lowest BCUT2D eigenvalue weighted by Crippen LogP contribution is -2.63. The van der Waals surface area contributed by atoms with Gasteiger partial charge in [0.2, 0.25) is 23.6 Å². The van der Waals surface area contributed by atoms with Gasteiger partial charge in [-0.3, -0.25) is 34.1 Å². The lowest BCUT2D eigenvalue weighted by atomic mass is 9.83. The van der Waals surface area contributed by atoms with E-state index in [1.54, 1.807) is 58.9 Å². The number of unbranched alkanes of at least 4 members (excludes halogenated alkanes) is 1. The number of esters is 2. The summed E-state index contributed by atoms with van der Waals surface area (Å²) >= 11 is 13.5. The second-order valence-electron chi connectivity index (χ2n) is 23.2. The Morgan fingerprint density at radius 3 is 2.27 bits per heavy atom. The molecule has 88 heavy (non-hydrogen) atoms. The number of carbonyl (C=O) groups is 9. The average molecular weight is 1380 g/mol. The fourth-order valence-electron chi connectivity index (χ4n) is 10.4. The second kappa shape index (κ2) is 33.0. The van der Waals surface area contributed by atoms with E-state index >= 15 is 0 Å². The van der Waals surface area contributed by atoms with Crippen LogP contribution < -0.4 is 42.0 Å². The minimum absolute atomic E-state index is 0.0535. The van der Waals surface area contributed by atoms with Crippen LogP contribution >= 0.6 is 43.5 Å². The predicted octanol–water partition coefficient (Wildman–Crippen LogP) is 6.74. The van der Waals surface area contributed by atoms with Crippen LogP contribution in [0.15, 0.2) is 60.2 Å². The number of hydrogen-bond acceptors (Lipinski definition) is 16. The van der Waals surface area contributed by atoms with Gasteiger partial charge < -0.3 is 70.3 Å². The van der Waals surface area contributed by atoms with E-state index < -0.39 is 108 Å². The third kappa shape index (κ3) is 19.6. The Labute approximate surface area is 536 Å². The van der Waals surface area contributed by atoms with Crippen LogP contribution in [0.1, 0.15) is 116 Å². The molecular formula is C61H85Br2ClN8O16. The SMILES string of the molecule is COc1cc2cc(c1Cl)N(C)C(=O)C[C@H](OC(=O)[C@H](C)N(C)C(=O)c1ccc(NC(=O)[C@H](CCCNC(N)=O)NC(=O)[C@@H](NC(=O)CCCCC(C)OC(=O)C(CBr)CBr)C(C)C)cc1)[C@]1(C)O[C@H]1[C@H](C)[C@@H]1C[C@@](O)(NC(=O)O1)[C@H](OC)/C=C/C=C(\C)C2. The first-order valence-electron chi connectivity index (χ1n) is 29.2. The van der Waals surface area contributed by atoms with E-state index in [1.807, 2.05) is 13.0 Å². The molecule has 11 atom stereocenters. The van der Waals surface area contributed by atoms with E-state index in [0.717, 1.165) is 16.0 Å². The van der Waals surface area contributed by atoms with Gasteiger partial charge >= 0.3 is 24.1 Å². The maximum Gasteiger partial charge on any atom is 0.409 e. The van der Waals surface area contributed by atoms with E-state index in [-0.39, 0.29) is 78.3 Å². The van der Waals surface area contributed by atoms with E-state index in [4.69, 9.17) is 45.8 Å². The third-order valence-electron chi connectivity index (χ3n) is 16.0. The molecule has 3 aliphatic rings. The number of benzene rings is 2. The lowest BCUT2D eigenvalue weighted by Gasteiger charge is -2.42. The van der Waals surface area contributed by atoms with Crippen molar-refractivity contribution in [1.29, 1.82) is 0 Å². The second-order valence-corrected chi connectivity index (χ2v) is 24.8. The summed E-state index contributed by atoms with van der Waals surface area (Å²) in [5.74, 6) is -5.02. The van der Waals surface area contributed by atoms with Gasteiger partial charge in [-0.1, -0.05) is 88.0 Å². The van der Waals surface area contributed by atoms with Crippen LogP contribution in [0.2, 0.25) is 5.02 Å². The summed E-state index contributed by atoms with van der Waals surface area (Å²) in [5, 5.41) is 26.3. The van der Waals surface area contributed by atoms with Crippen LogP contribution in [0.5, 0.6) is 5.75 Å². The zero-order valence-corrected chi connectivity index (χ0v) is 55.6. The molecule has 27 heteroatoms. The summed E-state index contributed by atoms with van der Waals surface area (Å²) < 4.78 is 35.1. The number of anilines is 2. The number of nitrogens with two attached hydrogens (primary N) is 1. The Kier molecular flexibility index (Phi) is 27.1. The molecule has 1 unspecified atom stereocenters. The number of aliphatic hydroxyl groups is 1. The number of epoxide rings is 1. The van der Waals surface area contributed by atoms with Gasteiger partial charge in [-0.25, -0.2) is 14.4 Å². The number of nitrogens with one attached hydrogen (secondary N) is 5. The first-order valence-corrected chi connectivity index (χ1v) is 31.9. The molecule has 486 valence electrons. The highest BCUT2D eigenvalue weighted by molar-refractivity contribution is 9.09. The molecule has 8 amide bonds. The number of carbonyl (C=O) groups excluding carboxylic acids is 9. The van der Waals surface area contributed by atoms with Crippen molar-refractivity contribution in [2.24, 2.45) is 23.5 Å². The van der Waals surface area contributed by atoms with Crippen molar-refractivity contribution in [1.82, 2.24) is 26.2 Å². The number of fused-ring (bicyclic) bond motifs is 5.